The van der Waals surface area contributed by atoms with Gasteiger partial charge >= 0.3 is 11.9 Å². The van der Waals surface area contributed by atoms with E-state index in [2.05, 4.69) is 6.58 Å². The Kier molecular flexibility index (Phi) is 7.63. The third-order valence-electron chi connectivity index (χ3n) is 4.90. The minimum atomic E-state index is -0.795. The molecule has 23 heavy (non-hydrogen) atoms. The van der Waals surface area contributed by atoms with Gasteiger partial charge in [0.25, 0.3) is 0 Å². The van der Waals surface area contributed by atoms with Gasteiger partial charge in [-0.3, -0.25) is 9.59 Å². The second kappa shape index (κ2) is 9.74. The van der Waals surface area contributed by atoms with E-state index in [1.807, 2.05) is 0 Å². The van der Waals surface area contributed by atoms with Gasteiger partial charge in [-0.1, -0.05) is 18.9 Å². The lowest BCUT2D eigenvalue weighted by molar-refractivity contribution is -0.170. The van der Waals surface area contributed by atoms with Crippen LogP contribution in [-0.4, -0.2) is 24.1 Å². The van der Waals surface area contributed by atoms with Crippen molar-refractivity contribution in [3.8, 4) is 0 Å². The number of allylic oxidation sites excluding steroid dienone is 1. The van der Waals surface area contributed by atoms with Crippen LogP contribution in [0.3, 0.4) is 0 Å². The summed E-state index contributed by atoms with van der Waals surface area (Å²) in [5.74, 6) is -1.60. The highest BCUT2D eigenvalue weighted by atomic mass is 16.6. The van der Waals surface area contributed by atoms with Gasteiger partial charge in [-0.25, -0.2) is 0 Å². The van der Waals surface area contributed by atoms with Gasteiger partial charge in [0.1, 0.15) is 12.2 Å². The van der Waals surface area contributed by atoms with Gasteiger partial charge in [-0.15, -0.1) is 6.58 Å². The van der Waals surface area contributed by atoms with Crippen LogP contribution in [0.4, 0.5) is 0 Å². The fourth-order valence-corrected chi connectivity index (χ4v) is 3.48. The SMILES string of the molecule is C=CCCC(C(=O)OC1CCCCC1)C(=O)OC1CCCCC1. The van der Waals surface area contributed by atoms with Crippen LogP contribution in [0.5, 0.6) is 0 Å². The maximum absolute atomic E-state index is 12.4. The summed E-state index contributed by atoms with van der Waals surface area (Å²) in [6.07, 6.45) is 13.2. The summed E-state index contributed by atoms with van der Waals surface area (Å²) < 4.78 is 11.2. The Labute approximate surface area is 139 Å². The molecule has 0 bridgehead atoms. The first-order chi connectivity index (χ1) is 11.2. The first-order valence-corrected chi connectivity index (χ1v) is 9.22. The van der Waals surface area contributed by atoms with Gasteiger partial charge in [0.2, 0.25) is 0 Å². The minimum Gasteiger partial charge on any atom is -0.462 e. The molecular formula is C19H30O4. The average Bonchev–Trinajstić information content (AvgIpc) is 2.57. The molecule has 0 spiro atoms. The van der Waals surface area contributed by atoms with Crippen molar-refractivity contribution >= 4 is 11.9 Å². The molecule has 0 heterocycles. The zero-order chi connectivity index (χ0) is 16.5. The van der Waals surface area contributed by atoms with Gasteiger partial charge in [0, 0.05) is 0 Å². The smallest absolute Gasteiger partial charge is 0.320 e. The van der Waals surface area contributed by atoms with E-state index in [-0.39, 0.29) is 12.2 Å². The zero-order valence-electron chi connectivity index (χ0n) is 14.1. The number of rotatable bonds is 7. The van der Waals surface area contributed by atoms with Crippen LogP contribution < -0.4 is 0 Å². The lowest BCUT2D eigenvalue weighted by atomic mass is 9.96. The molecule has 2 fully saturated rings. The molecule has 4 heteroatoms. The molecule has 2 rings (SSSR count). The molecule has 0 aromatic rings. The molecule has 0 radical (unpaired) electrons. The number of hydrogen-bond acceptors (Lipinski definition) is 4. The second-order valence-corrected chi connectivity index (χ2v) is 6.81. The third-order valence-corrected chi connectivity index (χ3v) is 4.90. The maximum atomic E-state index is 12.4. The van der Waals surface area contributed by atoms with Crippen molar-refractivity contribution < 1.29 is 19.1 Å². The summed E-state index contributed by atoms with van der Waals surface area (Å²) >= 11 is 0. The lowest BCUT2D eigenvalue weighted by Gasteiger charge is -2.26. The Bertz CT molecular complexity index is 360. The summed E-state index contributed by atoms with van der Waals surface area (Å²) in [7, 11) is 0. The van der Waals surface area contributed by atoms with Gasteiger partial charge < -0.3 is 9.47 Å². The fourth-order valence-electron chi connectivity index (χ4n) is 3.48. The highest BCUT2D eigenvalue weighted by molar-refractivity contribution is 5.95. The van der Waals surface area contributed by atoms with Crippen molar-refractivity contribution in [1.82, 2.24) is 0 Å². The van der Waals surface area contributed by atoms with Crippen LogP contribution in [0.25, 0.3) is 0 Å². The fraction of sp³-hybridized carbons (Fsp3) is 0.789. The molecule has 0 aromatic heterocycles. The quantitative estimate of drug-likeness (QED) is 0.398. The van der Waals surface area contributed by atoms with E-state index < -0.39 is 17.9 Å². The maximum Gasteiger partial charge on any atom is 0.320 e. The first kappa shape index (κ1) is 18.0. The van der Waals surface area contributed by atoms with Crippen LogP contribution in [-0.2, 0) is 19.1 Å². The highest BCUT2D eigenvalue weighted by Crippen LogP contribution is 2.25. The van der Waals surface area contributed by atoms with Crippen molar-refractivity contribution in [2.75, 3.05) is 0 Å². The topological polar surface area (TPSA) is 52.6 Å². The van der Waals surface area contributed by atoms with E-state index in [4.69, 9.17) is 9.47 Å². The predicted molar refractivity (Wildman–Crippen MR) is 88.9 cm³/mol. The van der Waals surface area contributed by atoms with E-state index in [9.17, 15) is 9.59 Å². The summed E-state index contributed by atoms with van der Waals surface area (Å²) in [4.78, 5) is 24.9. The van der Waals surface area contributed by atoms with Crippen molar-refractivity contribution in [3.63, 3.8) is 0 Å². The molecule has 0 unspecified atom stereocenters. The molecule has 2 aliphatic rings. The van der Waals surface area contributed by atoms with Gasteiger partial charge in [-0.2, -0.15) is 0 Å². The Morgan fingerprint density at radius 3 is 1.70 bits per heavy atom. The Morgan fingerprint density at radius 2 is 1.30 bits per heavy atom. The molecule has 2 aliphatic carbocycles. The van der Waals surface area contributed by atoms with E-state index in [1.54, 1.807) is 6.08 Å². The van der Waals surface area contributed by atoms with E-state index in [1.165, 1.54) is 12.8 Å². The van der Waals surface area contributed by atoms with Gasteiger partial charge in [0.05, 0.1) is 0 Å². The van der Waals surface area contributed by atoms with E-state index in [0.717, 1.165) is 51.4 Å². The Morgan fingerprint density at radius 1 is 0.870 bits per heavy atom. The van der Waals surface area contributed by atoms with Crippen LogP contribution in [0.1, 0.15) is 77.0 Å². The number of hydrogen-bond donors (Lipinski definition) is 0. The van der Waals surface area contributed by atoms with Crippen LogP contribution in [0, 0.1) is 5.92 Å². The van der Waals surface area contributed by atoms with Crippen LogP contribution in [0.2, 0.25) is 0 Å². The van der Waals surface area contributed by atoms with Crippen molar-refractivity contribution in [1.29, 1.82) is 0 Å². The number of esters is 2. The van der Waals surface area contributed by atoms with Gasteiger partial charge in [0.15, 0.2) is 5.92 Å². The molecular weight excluding hydrogens is 292 g/mol. The van der Waals surface area contributed by atoms with E-state index >= 15 is 0 Å². The highest BCUT2D eigenvalue weighted by Gasteiger charge is 2.33. The standard InChI is InChI=1S/C19H30O4/c1-2-3-14-17(18(20)22-15-10-6-4-7-11-15)19(21)23-16-12-8-5-9-13-16/h2,15-17H,1,3-14H2. The van der Waals surface area contributed by atoms with Crippen molar-refractivity contribution in [2.24, 2.45) is 5.92 Å². The summed E-state index contributed by atoms with van der Waals surface area (Å²) in [6.45, 7) is 3.68. The number of carbonyl (C=O) groups is 2. The van der Waals surface area contributed by atoms with Crippen LogP contribution in [0.15, 0.2) is 12.7 Å². The van der Waals surface area contributed by atoms with Crippen molar-refractivity contribution in [2.45, 2.75) is 89.3 Å². The summed E-state index contributed by atoms with van der Waals surface area (Å²) in [6, 6.07) is 0. The zero-order valence-corrected chi connectivity index (χ0v) is 14.1. The third kappa shape index (κ3) is 6.00. The van der Waals surface area contributed by atoms with Gasteiger partial charge in [-0.05, 0) is 64.2 Å². The lowest BCUT2D eigenvalue weighted by Crippen LogP contribution is -2.34. The average molecular weight is 322 g/mol. The molecule has 0 saturated heterocycles. The molecule has 4 nitrogen and oxygen atoms in total. The predicted octanol–water partition coefficient (Wildman–Crippen LogP) is 4.32. The molecule has 0 aromatic carbocycles. The largest absolute Gasteiger partial charge is 0.462 e. The summed E-state index contributed by atoms with van der Waals surface area (Å²) in [5, 5.41) is 0. The second-order valence-electron chi connectivity index (χ2n) is 6.81. The molecule has 0 N–H and O–H groups in total. The normalized spacial score (nSPS) is 20.2. The number of ether oxygens (including phenoxy) is 2. The summed E-state index contributed by atoms with van der Waals surface area (Å²) in [5.41, 5.74) is 0. The molecule has 0 amide bonds. The first-order valence-electron chi connectivity index (χ1n) is 9.22. The Balaban J connectivity index is 1.89. The van der Waals surface area contributed by atoms with Crippen molar-refractivity contribution in [3.05, 3.63) is 12.7 Å². The molecule has 130 valence electrons. The minimum absolute atomic E-state index is 0.0232. The molecule has 0 atom stereocenters. The van der Waals surface area contributed by atoms with Crippen LogP contribution >= 0.6 is 0 Å². The monoisotopic (exact) mass is 322 g/mol. The van der Waals surface area contributed by atoms with E-state index in [0.29, 0.717) is 12.8 Å². The molecule has 0 aliphatic heterocycles. The number of carbonyl (C=O) groups excluding carboxylic acids is 2. The molecule has 2 saturated carbocycles. The Hall–Kier alpha value is -1.32.